The van der Waals surface area contributed by atoms with Crippen molar-refractivity contribution in [3.63, 3.8) is 0 Å². The van der Waals surface area contributed by atoms with Crippen molar-refractivity contribution in [2.24, 2.45) is 0 Å². The number of hydrogen-bond acceptors (Lipinski definition) is 3. The number of aromatic nitrogens is 2. The fourth-order valence-corrected chi connectivity index (χ4v) is 1.63. The van der Waals surface area contributed by atoms with Crippen molar-refractivity contribution in [2.45, 2.75) is 0 Å². The van der Waals surface area contributed by atoms with Crippen LogP contribution in [-0.4, -0.2) is 16.0 Å². The number of carbonyl (C=O) groups is 1. The smallest absolute Gasteiger partial charge is 0.314 e. The highest BCUT2D eigenvalue weighted by Gasteiger charge is 2.01. The first-order valence-corrected chi connectivity index (χ1v) is 6.78. The summed E-state index contributed by atoms with van der Waals surface area (Å²) in [5, 5.41) is 5.72. The zero-order chi connectivity index (χ0) is 14.4. The lowest BCUT2D eigenvalue weighted by atomic mass is 10.2. The number of benzene rings is 1. The monoisotopic (exact) mass is 352 g/mol. The van der Waals surface area contributed by atoms with E-state index in [0.29, 0.717) is 5.02 Å². The first kappa shape index (κ1) is 14.5. The van der Waals surface area contributed by atoms with Gasteiger partial charge in [0.15, 0.2) is 0 Å². The first-order valence-electron chi connectivity index (χ1n) is 5.61. The quantitative estimate of drug-likeness (QED) is 0.884. The predicted molar refractivity (Wildman–Crippen MR) is 82.4 cm³/mol. The van der Waals surface area contributed by atoms with E-state index in [4.69, 9.17) is 11.6 Å². The average Bonchev–Trinajstić information content (AvgIpc) is 2.44. The second-order valence-corrected chi connectivity index (χ2v) is 5.06. The lowest BCUT2D eigenvalue weighted by Crippen LogP contribution is -2.24. The summed E-state index contributed by atoms with van der Waals surface area (Å²) >= 11 is 8.99. The number of halogens is 2. The third-order valence-corrected chi connectivity index (χ3v) is 2.87. The van der Waals surface area contributed by atoms with E-state index in [1.165, 1.54) is 6.20 Å². The molecule has 0 bridgehead atoms. The molecule has 0 aliphatic carbocycles. The summed E-state index contributed by atoms with van der Waals surface area (Å²) in [5.41, 5.74) is 0.926. The molecule has 1 aromatic heterocycles. The molecule has 0 radical (unpaired) electrons. The normalized spacial score (nSPS) is 10.5. The molecule has 20 heavy (non-hydrogen) atoms. The van der Waals surface area contributed by atoms with Gasteiger partial charge in [-0.05, 0) is 39.7 Å². The zero-order valence-corrected chi connectivity index (χ0v) is 12.5. The van der Waals surface area contributed by atoms with Crippen molar-refractivity contribution in [3.8, 4) is 0 Å². The fourth-order valence-electron chi connectivity index (χ4n) is 1.30. The van der Waals surface area contributed by atoms with E-state index in [-0.39, 0.29) is 5.95 Å². The van der Waals surface area contributed by atoms with Crippen molar-refractivity contribution >= 4 is 45.6 Å². The van der Waals surface area contributed by atoms with E-state index in [2.05, 4.69) is 36.5 Å². The Labute approximate surface area is 129 Å². The molecular weight excluding hydrogens is 344 g/mol. The number of anilines is 1. The Morgan fingerprint density at radius 2 is 1.85 bits per heavy atom. The Morgan fingerprint density at radius 1 is 1.20 bits per heavy atom. The van der Waals surface area contributed by atoms with Gasteiger partial charge in [-0.25, -0.2) is 14.8 Å². The van der Waals surface area contributed by atoms with Crippen molar-refractivity contribution in [3.05, 3.63) is 57.9 Å². The number of rotatable bonds is 3. The van der Waals surface area contributed by atoms with Crippen LogP contribution in [-0.2, 0) is 0 Å². The standard InChI is InChI=1S/C13H10BrClN4O/c14-10-7-17-12(18-8-10)19-13(20)16-6-5-9-1-3-11(15)4-2-9/h1-8H,(H2,16,17,18,19,20)/b6-5+. The SMILES string of the molecule is O=C(N/C=C/c1ccc(Cl)cc1)Nc1ncc(Br)cn1. The molecule has 2 N–H and O–H groups in total. The van der Waals surface area contributed by atoms with E-state index in [9.17, 15) is 4.79 Å². The molecule has 0 saturated heterocycles. The largest absolute Gasteiger partial charge is 0.325 e. The van der Waals surface area contributed by atoms with Gasteiger partial charge in [-0.15, -0.1) is 0 Å². The number of nitrogens with zero attached hydrogens (tertiary/aromatic N) is 2. The van der Waals surface area contributed by atoms with Gasteiger partial charge in [0.05, 0.1) is 4.47 Å². The van der Waals surface area contributed by atoms with E-state index in [1.807, 2.05) is 12.1 Å². The highest BCUT2D eigenvalue weighted by Crippen LogP contribution is 2.10. The molecule has 0 saturated carbocycles. The van der Waals surface area contributed by atoms with Crippen LogP contribution in [0.1, 0.15) is 5.56 Å². The minimum absolute atomic E-state index is 0.227. The Kier molecular flexibility index (Phi) is 5.09. The maximum absolute atomic E-state index is 11.6. The second-order valence-electron chi connectivity index (χ2n) is 3.71. The Morgan fingerprint density at radius 3 is 2.50 bits per heavy atom. The molecular formula is C13H10BrClN4O. The van der Waals surface area contributed by atoms with Gasteiger partial charge in [0, 0.05) is 23.6 Å². The zero-order valence-electron chi connectivity index (χ0n) is 10.2. The molecule has 1 aromatic carbocycles. The number of carbonyl (C=O) groups excluding carboxylic acids is 1. The van der Waals surface area contributed by atoms with Gasteiger partial charge in [-0.2, -0.15) is 0 Å². The summed E-state index contributed by atoms with van der Waals surface area (Å²) in [5.74, 6) is 0.227. The van der Waals surface area contributed by atoms with Crippen LogP contribution in [0.15, 0.2) is 47.3 Å². The van der Waals surface area contributed by atoms with Crippen LogP contribution in [0, 0.1) is 0 Å². The number of amides is 2. The third-order valence-electron chi connectivity index (χ3n) is 2.21. The molecule has 0 unspecified atom stereocenters. The van der Waals surface area contributed by atoms with Gasteiger partial charge < -0.3 is 5.32 Å². The summed E-state index contributed by atoms with van der Waals surface area (Å²) in [6, 6.07) is 6.82. The number of urea groups is 1. The van der Waals surface area contributed by atoms with E-state index in [0.717, 1.165) is 10.0 Å². The summed E-state index contributed by atoms with van der Waals surface area (Å²) in [6.45, 7) is 0. The highest BCUT2D eigenvalue weighted by molar-refractivity contribution is 9.10. The highest BCUT2D eigenvalue weighted by atomic mass is 79.9. The van der Waals surface area contributed by atoms with E-state index < -0.39 is 6.03 Å². The number of nitrogens with one attached hydrogen (secondary N) is 2. The van der Waals surface area contributed by atoms with Gasteiger partial charge in [0.1, 0.15) is 0 Å². The average molecular weight is 354 g/mol. The van der Waals surface area contributed by atoms with Crippen LogP contribution in [0.5, 0.6) is 0 Å². The van der Waals surface area contributed by atoms with Gasteiger partial charge in [-0.1, -0.05) is 23.7 Å². The molecule has 0 aliphatic rings. The van der Waals surface area contributed by atoms with Crippen LogP contribution in [0.2, 0.25) is 5.02 Å². The maximum atomic E-state index is 11.6. The third kappa shape index (κ3) is 4.64. The lowest BCUT2D eigenvalue weighted by molar-refractivity contribution is 0.255. The van der Waals surface area contributed by atoms with Crippen molar-refractivity contribution in [1.29, 1.82) is 0 Å². The summed E-state index contributed by atoms with van der Waals surface area (Å²) in [6.07, 6.45) is 6.37. The van der Waals surface area contributed by atoms with E-state index >= 15 is 0 Å². The summed E-state index contributed by atoms with van der Waals surface area (Å²) in [4.78, 5) is 19.4. The first-order chi connectivity index (χ1) is 9.63. The molecule has 2 amide bonds. The van der Waals surface area contributed by atoms with Crippen molar-refractivity contribution in [1.82, 2.24) is 15.3 Å². The molecule has 0 atom stereocenters. The molecule has 5 nitrogen and oxygen atoms in total. The molecule has 2 rings (SSSR count). The molecule has 7 heteroatoms. The lowest BCUT2D eigenvalue weighted by Gasteiger charge is -2.02. The van der Waals surface area contributed by atoms with Crippen molar-refractivity contribution in [2.75, 3.05) is 5.32 Å². The Hall–Kier alpha value is -1.92. The molecule has 1 heterocycles. The number of hydrogen-bond donors (Lipinski definition) is 2. The minimum atomic E-state index is -0.419. The van der Waals surface area contributed by atoms with Crippen molar-refractivity contribution < 1.29 is 4.79 Å². The van der Waals surface area contributed by atoms with Crippen LogP contribution in [0.25, 0.3) is 6.08 Å². The molecule has 2 aromatic rings. The van der Waals surface area contributed by atoms with Crippen LogP contribution in [0.4, 0.5) is 10.7 Å². The summed E-state index contributed by atoms with van der Waals surface area (Å²) in [7, 11) is 0. The Bertz CT molecular complexity index is 613. The maximum Gasteiger partial charge on any atom is 0.325 e. The van der Waals surface area contributed by atoms with Gasteiger partial charge >= 0.3 is 6.03 Å². The topological polar surface area (TPSA) is 66.9 Å². The predicted octanol–water partition coefficient (Wildman–Crippen LogP) is 3.68. The minimum Gasteiger partial charge on any atom is -0.314 e. The second kappa shape index (κ2) is 7.02. The van der Waals surface area contributed by atoms with Gasteiger partial charge in [0.25, 0.3) is 0 Å². The molecule has 0 aliphatic heterocycles. The molecule has 0 fully saturated rings. The molecule has 102 valence electrons. The van der Waals surface area contributed by atoms with Crippen LogP contribution >= 0.6 is 27.5 Å². The van der Waals surface area contributed by atoms with Gasteiger partial charge in [-0.3, -0.25) is 5.32 Å². The molecule has 0 spiro atoms. The van der Waals surface area contributed by atoms with E-state index in [1.54, 1.807) is 30.6 Å². The Balaban J connectivity index is 1.85. The van der Waals surface area contributed by atoms with Gasteiger partial charge in [0.2, 0.25) is 5.95 Å². The van der Waals surface area contributed by atoms with Crippen LogP contribution in [0.3, 0.4) is 0 Å². The summed E-state index contributed by atoms with van der Waals surface area (Å²) < 4.78 is 0.742. The van der Waals surface area contributed by atoms with Crippen LogP contribution < -0.4 is 10.6 Å². The fraction of sp³-hybridized carbons (Fsp3) is 0.